The Morgan fingerprint density at radius 1 is 0.897 bits per heavy atom. The number of hydrogen-bond donors (Lipinski definition) is 2. The van der Waals surface area contributed by atoms with Crippen LogP contribution < -0.4 is 10.1 Å². The summed E-state index contributed by atoms with van der Waals surface area (Å²) in [5.74, 6) is 1.82. The number of ether oxygens (including phenoxy) is 1. The summed E-state index contributed by atoms with van der Waals surface area (Å²) in [7, 11) is 0. The van der Waals surface area contributed by atoms with Gasteiger partial charge in [0.2, 0.25) is 0 Å². The molecule has 0 fully saturated rings. The maximum atomic E-state index is 5.99. The highest BCUT2D eigenvalue weighted by molar-refractivity contribution is 9.11. The number of benzene rings is 3. The van der Waals surface area contributed by atoms with Crippen LogP contribution in [0.4, 0.5) is 0 Å². The number of hydrogen-bond acceptors (Lipinski definition) is 3. The van der Waals surface area contributed by atoms with Crippen molar-refractivity contribution in [3.63, 3.8) is 0 Å². The zero-order valence-electron chi connectivity index (χ0n) is 15.8. The smallest absolute Gasteiger partial charge is 0.148 e. The number of halogens is 2. The van der Waals surface area contributed by atoms with Crippen LogP contribution in [0.2, 0.25) is 0 Å². The van der Waals surface area contributed by atoms with Crippen LogP contribution in [-0.4, -0.2) is 16.5 Å². The molecule has 0 radical (unpaired) electrons. The number of fused-ring (bicyclic) bond motifs is 1. The van der Waals surface area contributed by atoms with Crippen LogP contribution >= 0.6 is 31.9 Å². The third-order valence-corrected chi connectivity index (χ3v) is 5.77. The van der Waals surface area contributed by atoms with E-state index in [1.807, 2.05) is 36.4 Å². The van der Waals surface area contributed by atoms with E-state index >= 15 is 0 Å². The third-order valence-electron chi connectivity index (χ3n) is 4.59. The molecule has 0 spiro atoms. The van der Waals surface area contributed by atoms with Crippen LogP contribution in [0.5, 0.6) is 5.75 Å². The lowest BCUT2D eigenvalue weighted by Gasteiger charge is -2.13. The number of imidazole rings is 1. The van der Waals surface area contributed by atoms with Crippen LogP contribution in [0.3, 0.4) is 0 Å². The molecule has 0 unspecified atom stereocenters. The minimum Gasteiger partial charge on any atom is -0.487 e. The Labute approximate surface area is 187 Å². The van der Waals surface area contributed by atoms with Gasteiger partial charge in [-0.1, -0.05) is 42.5 Å². The maximum Gasteiger partial charge on any atom is 0.148 e. The van der Waals surface area contributed by atoms with Gasteiger partial charge in [-0.3, -0.25) is 0 Å². The molecule has 1 aromatic heterocycles. The van der Waals surface area contributed by atoms with Crippen LogP contribution in [0.1, 0.15) is 17.0 Å². The average molecular weight is 515 g/mol. The Balaban J connectivity index is 1.30. The van der Waals surface area contributed by atoms with Gasteiger partial charge < -0.3 is 15.0 Å². The van der Waals surface area contributed by atoms with Gasteiger partial charge in [-0.15, -0.1) is 0 Å². The zero-order chi connectivity index (χ0) is 20.1. The van der Waals surface area contributed by atoms with E-state index < -0.39 is 0 Å². The lowest BCUT2D eigenvalue weighted by atomic mass is 10.2. The first-order chi connectivity index (χ1) is 14.2. The largest absolute Gasteiger partial charge is 0.487 e. The standard InChI is InChI=1S/C23H21Br2N3O/c24-18-12-17(13-19(25)23(18)29-15-16-6-2-1-3-7-16)14-26-11-10-22-27-20-8-4-5-9-21(20)28-22/h1-9,12-13,26H,10-11,14-15H2,(H,27,28). The normalized spacial score (nSPS) is 11.1. The summed E-state index contributed by atoms with van der Waals surface area (Å²) in [5.41, 5.74) is 4.42. The molecule has 148 valence electrons. The third kappa shape index (κ3) is 5.26. The molecule has 0 saturated carbocycles. The molecule has 0 aliphatic rings. The topological polar surface area (TPSA) is 49.9 Å². The first-order valence-electron chi connectivity index (χ1n) is 9.48. The van der Waals surface area contributed by atoms with Crippen molar-refractivity contribution in [1.29, 1.82) is 0 Å². The van der Waals surface area contributed by atoms with Crippen LogP contribution in [-0.2, 0) is 19.6 Å². The summed E-state index contributed by atoms with van der Waals surface area (Å²) in [6, 6.07) is 22.5. The molecule has 6 heteroatoms. The minimum atomic E-state index is 0.535. The first-order valence-corrected chi connectivity index (χ1v) is 11.1. The summed E-state index contributed by atoms with van der Waals surface area (Å²) < 4.78 is 7.88. The molecule has 0 aliphatic carbocycles. The van der Waals surface area contributed by atoms with Gasteiger partial charge in [-0.2, -0.15) is 0 Å². The van der Waals surface area contributed by atoms with E-state index in [0.29, 0.717) is 6.61 Å². The van der Waals surface area contributed by atoms with E-state index in [1.165, 1.54) is 5.56 Å². The Morgan fingerprint density at radius 3 is 2.38 bits per heavy atom. The minimum absolute atomic E-state index is 0.535. The number of para-hydroxylation sites is 2. The number of nitrogens with zero attached hydrogens (tertiary/aromatic N) is 1. The fraction of sp³-hybridized carbons (Fsp3) is 0.174. The summed E-state index contributed by atoms with van der Waals surface area (Å²) in [5, 5.41) is 3.48. The quantitative estimate of drug-likeness (QED) is 0.283. The van der Waals surface area contributed by atoms with Crippen molar-refractivity contribution in [3.05, 3.63) is 92.6 Å². The van der Waals surface area contributed by atoms with Gasteiger partial charge in [0.25, 0.3) is 0 Å². The average Bonchev–Trinajstić information content (AvgIpc) is 3.14. The van der Waals surface area contributed by atoms with Gasteiger partial charge in [0, 0.05) is 19.5 Å². The second kappa shape index (κ2) is 9.57. The zero-order valence-corrected chi connectivity index (χ0v) is 19.0. The van der Waals surface area contributed by atoms with Gasteiger partial charge in [0.05, 0.1) is 20.0 Å². The molecule has 0 aliphatic heterocycles. The monoisotopic (exact) mass is 513 g/mol. The SMILES string of the molecule is Brc1cc(CNCCc2nc3ccccc3[nH]2)cc(Br)c1OCc1ccccc1. The molecule has 1 heterocycles. The van der Waals surface area contributed by atoms with Gasteiger partial charge in [0.1, 0.15) is 18.2 Å². The van der Waals surface area contributed by atoms with E-state index in [0.717, 1.165) is 56.6 Å². The van der Waals surface area contributed by atoms with Crippen molar-refractivity contribution in [3.8, 4) is 5.75 Å². The summed E-state index contributed by atoms with van der Waals surface area (Å²) in [6.07, 6.45) is 0.856. The highest BCUT2D eigenvalue weighted by Crippen LogP contribution is 2.35. The molecule has 4 rings (SSSR count). The number of rotatable bonds is 8. The molecule has 4 nitrogen and oxygen atoms in total. The Bertz CT molecular complexity index is 1040. The highest BCUT2D eigenvalue weighted by Gasteiger charge is 2.10. The van der Waals surface area contributed by atoms with E-state index in [-0.39, 0.29) is 0 Å². The highest BCUT2D eigenvalue weighted by atomic mass is 79.9. The Kier molecular flexibility index (Phi) is 6.64. The Morgan fingerprint density at radius 2 is 1.62 bits per heavy atom. The molecular formula is C23H21Br2N3O. The van der Waals surface area contributed by atoms with Gasteiger partial charge in [-0.05, 0) is 67.3 Å². The molecule has 4 aromatic rings. The van der Waals surface area contributed by atoms with Crippen molar-refractivity contribution in [1.82, 2.24) is 15.3 Å². The molecule has 0 bridgehead atoms. The molecule has 0 saturated heterocycles. The van der Waals surface area contributed by atoms with Crippen LogP contribution in [0, 0.1) is 0 Å². The van der Waals surface area contributed by atoms with E-state index in [1.54, 1.807) is 0 Å². The van der Waals surface area contributed by atoms with Crippen molar-refractivity contribution >= 4 is 42.9 Å². The molecule has 29 heavy (non-hydrogen) atoms. The summed E-state index contributed by atoms with van der Waals surface area (Å²) in [4.78, 5) is 7.98. The van der Waals surface area contributed by atoms with Gasteiger partial charge in [-0.25, -0.2) is 4.98 Å². The second-order valence-electron chi connectivity index (χ2n) is 6.79. The first kappa shape index (κ1) is 20.1. The van der Waals surface area contributed by atoms with Crippen molar-refractivity contribution in [2.75, 3.05) is 6.54 Å². The predicted molar refractivity (Wildman–Crippen MR) is 124 cm³/mol. The second-order valence-corrected chi connectivity index (χ2v) is 8.50. The maximum absolute atomic E-state index is 5.99. The molecule has 0 atom stereocenters. The fourth-order valence-corrected chi connectivity index (χ4v) is 4.66. The fourth-order valence-electron chi connectivity index (χ4n) is 3.15. The summed E-state index contributed by atoms with van der Waals surface area (Å²) in [6.45, 7) is 2.16. The van der Waals surface area contributed by atoms with E-state index in [9.17, 15) is 0 Å². The lowest BCUT2D eigenvalue weighted by Crippen LogP contribution is -2.17. The molecular weight excluding hydrogens is 494 g/mol. The van der Waals surface area contributed by atoms with Gasteiger partial charge >= 0.3 is 0 Å². The lowest BCUT2D eigenvalue weighted by molar-refractivity contribution is 0.302. The van der Waals surface area contributed by atoms with Crippen molar-refractivity contribution in [2.24, 2.45) is 0 Å². The molecule has 2 N–H and O–H groups in total. The van der Waals surface area contributed by atoms with Crippen molar-refractivity contribution in [2.45, 2.75) is 19.6 Å². The number of aromatic nitrogens is 2. The van der Waals surface area contributed by atoms with Crippen LogP contribution in [0.25, 0.3) is 11.0 Å². The predicted octanol–water partition coefficient (Wildman–Crippen LogP) is 6.00. The number of H-pyrrole nitrogens is 1. The van der Waals surface area contributed by atoms with Gasteiger partial charge in [0.15, 0.2) is 0 Å². The molecule has 0 amide bonds. The van der Waals surface area contributed by atoms with E-state index in [4.69, 9.17) is 4.74 Å². The Hall–Kier alpha value is -2.15. The number of aromatic amines is 1. The van der Waals surface area contributed by atoms with Crippen molar-refractivity contribution < 1.29 is 4.74 Å². The summed E-state index contributed by atoms with van der Waals surface area (Å²) >= 11 is 7.28. The van der Waals surface area contributed by atoms with E-state index in [2.05, 4.69) is 77.5 Å². The number of nitrogens with one attached hydrogen (secondary N) is 2. The van der Waals surface area contributed by atoms with Crippen LogP contribution in [0.15, 0.2) is 75.7 Å². The molecule has 3 aromatic carbocycles.